The zero-order chi connectivity index (χ0) is 29.1. The van der Waals surface area contributed by atoms with E-state index in [2.05, 4.69) is 65.8 Å². The Morgan fingerprint density at radius 3 is 1.34 bits per heavy atom. The first kappa shape index (κ1) is 27.7. The van der Waals surface area contributed by atoms with Crippen molar-refractivity contribution in [1.29, 1.82) is 0 Å². The van der Waals surface area contributed by atoms with Gasteiger partial charge in [0.05, 0.1) is 11.1 Å². The lowest BCUT2D eigenvalue weighted by molar-refractivity contribution is 0.0400. The molecule has 0 radical (unpaired) electrons. The minimum Gasteiger partial charge on any atom is -0.386 e. The highest BCUT2D eigenvalue weighted by Crippen LogP contribution is 2.39. The number of esters is 2. The maximum absolute atomic E-state index is 13.9. The SMILES string of the molecule is CC(C)(C)c1cc(C(=O)OC(=O)c2cc(C(C)(C)C)cc3c(CC4CC4)cccc23)c2cccc(CC3CC3)c2c1. The Bertz CT molecular complexity index is 1550. The Kier molecular flexibility index (Phi) is 6.83. The topological polar surface area (TPSA) is 43.4 Å². The molecule has 2 fully saturated rings. The molecule has 0 unspecified atom stereocenters. The van der Waals surface area contributed by atoms with E-state index in [-0.39, 0.29) is 10.8 Å². The van der Waals surface area contributed by atoms with Gasteiger partial charge in [-0.2, -0.15) is 0 Å². The quantitative estimate of drug-likeness (QED) is 0.179. The Morgan fingerprint density at radius 1 is 0.610 bits per heavy atom. The van der Waals surface area contributed by atoms with Crippen molar-refractivity contribution >= 4 is 33.5 Å². The fourth-order valence-electron chi connectivity index (χ4n) is 5.92. The molecule has 0 saturated heterocycles. The number of ether oxygens (including phenoxy) is 1. The number of benzene rings is 4. The Morgan fingerprint density at radius 2 is 1.00 bits per heavy atom. The Balaban J connectivity index is 1.42. The average Bonchev–Trinajstić information content (AvgIpc) is 3.84. The summed E-state index contributed by atoms with van der Waals surface area (Å²) in [6.07, 6.45) is 7.11. The zero-order valence-corrected chi connectivity index (χ0v) is 25.4. The van der Waals surface area contributed by atoms with Gasteiger partial charge in [0, 0.05) is 0 Å². The summed E-state index contributed by atoms with van der Waals surface area (Å²) in [5.74, 6) is 0.282. The van der Waals surface area contributed by atoms with Crippen LogP contribution < -0.4 is 0 Å². The summed E-state index contributed by atoms with van der Waals surface area (Å²) < 4.78 is 5.76. The third-order valence-corrected chi connectivity index (χ3v) is 8.94. The van der Waals surface area contributed by atoms with Gasteiger partial charge in [-0.15, -0.1) is 0 Å². The van der Waals surface area contributed by atoms with Gasteiger partial charge in [0.25, 0.3) is 0 Å². The molecule has 2 saturated carbocycles. The number of hydrogen-bond acceptors (Lipinski definition) is 3. The highest BCUT2D eigenvalue weighted by molar-refractivity contribution is 6.14. The first-order valence-corrected chi connectivity index (χ1v) is 15.3. The second-order valence-electron chi connectivity index (χ2n) is 14.5. The lowest BCUT2D eigenvalue weighted by Gasteiger charge is -2.23. The van der Waals surface area contributed by atoms with Crippen LogP contribution in [0, 0.1) is 11.8 Å². The van der Waals surface area contributed by atoms with Crippen LogP contribution in [0.15, 0.2) is 60.7 Å². The molecular formula is C38H42O3. The summed E-state index contributed by atoms with van der Waals surface area (Å²) in [5.41, 5.74) is 5.28. The highest BCUT2D eigenvalue weighted by Gasteiger charge is 2.28. The number of rotatable bonds is 6. The number of hydrogen-bond donors (Lipinski definition) is 0. The molecule has 41 heavy (non-hydrogen) atoms. The highest BCUT2D eigenvalue weighted by atomic mass is 16.6. The van der Waals surface area contributed by atoms with Gasteiger partial charge in [-0.05, 0) is 117 Å². The molecule has 0 amide bonds. The zero-order valence-electron chi connectivity index (χ0n) is 25.4. The molecule has 2 aliphatic rings. The first-order valence-electron chi connectivity index (χ1n) is 15.3. The van der Waals surface area contributed by atoms with Crippen molar-refractivity contribution in [2.75, 3.05) is 0 Å². The molecule has 0 atom stereocenters. The van der Waals surface area contributed by atoms with E-state index in [4.69, 9.17) is 4.74 Å². The smallest absolute Gasteiger partial charge is 0.346 e. The summed E-state index contributed by atoms with van der Waals surface area (Å²) in [5, 5.41) is 3.90. The molecule has 4 aromatic carbocycles. The van der Waals surface area contributed by atoms with E-state index in [0.29, 0.717) is 11.1 Å². The van der Waals surface area contributed by atoms with Gasteiger partial charge >= 0.3 is 11.9 Å². The van der Waals surface area contributed by atoms with E-state index in [1.54, 1.807) is 0 Å². The monoisotopic (exact) mass is 546 g/mol. The van der Waals surface area contributed by atoms with Gasteiger partial charge in [-0.3, -0.25) is 0 Å². The molecule has 0 aliphatic heterocycles. The van der Waals surface area contributed by atoms with Gasteiger partial charge in [0.1, 0.15) is 0 Å². The molecule has 0 aromatic heterocycles. The summed E-state index contributed by atoms with van der Waals surface area (Å²) in [6, 6.07) is 20.7. The summed E-state index contributed by atoms with van der Waals surface area (Å²) in [4.78, 5) is 27.7. The third kappa shape index (κ3) is 5.82. The van der Waals surface area contributed by atoms with Crippen molar-refractivity contribution in [1.82, 2.24) is 0 Å². The summed E-state index contributed by atoms with van der Waals surface area (Å²) in [7, 11) is 0. The predicted molar refractivity (Wildman–Crippen MR) is 168 cm³/mol. The van der Waals surface area contributed by atoms with E-state index in [0.717, 1.165) is 57.3 Å². The molecule has 0 bridgehead atoms. The van der Waals surface area contributed by atoms with Crippen LogP contribution in [-0.2, 0) is 28.4 Å². The minimum atomic E-state index is -0.585. The van der Waals surface area contributed by atoms with Crippen molar-refractivity contribution in [2.45, 2.75) is 90.9 Å². The largest absolute Gasteiger partial charge is 0.386 e. The molecule has 2 aliphatic carbocycles. The fourth-order valence-corrected chi connectivity index (χ4v) is 5.92. The second kappa shape index (κ2) is 10.1. The van der Waals surface area contributed by atoms with Crippen molar-refractivity contribution in [2.24, 2.45) is 11.8 Å². The van der Waals surface area contributed by atoms with Crippen molar-refractivity contribution < 1.29 is 14.3 Å². The predicted octanol–water partition coefficient (Wildman–Crippen LogP) is 9.49. The van der Waals surface area contributed by atoms with E-state index in [1.165, 1.54) is 36.8 Å². The van der Waals surface area contributed by atoms with Crippen LogP contribution in [-0.4, -0.2) is 11.9 Å². The minimum absolute atomic E-state index is 0.158. The standard InChI is InChI=1S/C38H42O3/c1-37(2,3)27-19-31-25(17-23-13-14-23)9-7-11-29(31)33(21-27)35(39)41-36(40)34-22-28(38(4,5)6)20-32-26(18-24-15-16-24)10-8-12-30(32)34/h7-12,19-24H,13-18H2,1-6H3. The van der Waals surface area contributed by atoms with E-state index >= 15 is 0 Å². The summed E-state index contributed by atoms with van der Waals surface area (Å²) in [6.45, 7) is 12.9. The van der Waals surface area contributed by atoms with Crippen LogP contribution in [0.2, 0.25) is 0 Å². The van der Waals surface area contributed by atoms with Gasteiger partial charge in [0.15, 0.2) is 0 Å². The number of carbonyl (C=O) groups excluding carboxylic acids is 2. The van der Waals surface area contributed by atoms with Gasteiger partial charge in [-0.1, -0.05) is 90.1 Å². The molecule has 0 heterocycles. The maximum atomic E-state index is 13.9. The lowest BCUT2D eigenvalue weighted by atomic mass is 9.83. The first-order chi connectivity index (χ1) is 19.4. The van der Waals surface area contributed by atoms with Crippen LogP contribution in [0.25, 0.3) is 21.5 Å². The molecule has 3 heteroatoms. The molecule has 0 N–H and O–H groups in total. The molecule has 4 aromatic rings. The van der Waals surface area contributed by atoms with Crippen molar-refractivity contribution in [3.05, 3.63) is 94.0 Å². The van der Waals surface area contributed by atoms with E-state index in [1.807, 2.05) is 36.4 Å². The molecule has 0 spiro atoms. The van der Waals surface area contributed by atoms with E-state index < -0.39 is 11.9 Å². The van der Waals surface area contributed by atoms with Crippen LogP contribution in [0.5, 0.6) is 0 Å². The van der Waals surface area contributed by atoms with Crippen LogP contribution in [0.4, 0.5) is 0 Å². The lowest BCUT2D eigenvalue weighted by Crippen LogP contribution is -2.18. The number of carbonyl (C=O) groups is 2. The van der Waals surface area contributed by atoms with Gasteiger partial charge < -0.3 is 4.74 Å². The molecule has 6 rings (SSSR count). The van der Waals surface area contributed by atoms with Gasteiger partial charge in [-0.25, -0.2) is 9.59 Å². The average molecular weight is 547 g/mol. The Hall–Kier alpha value is -3.46. The number of fused-ring (bicyclic) bond motifs is 2. The van der Waals surface area contributed by atoms with Crippen molar-refractivity contribution in [3.8, 4) is 0 Å². The van der Waals surface area contributed by atoms with Gasteiger partial charge in [0.2, 0.25) is 0 Å². The van der Waals surface area contributed by atoms with E-state index in [9.17, 15) is 9.59 Å². The van der Waals surface area contributed by atoms with Crippen LogP contribution in [0.1, 0.15) is 110 Å². The third-order valence-electron chi connectivity index (χ3n) is 8.94. The van der Waals surface area contributed by atoms with Crippen LogP contribution >= 0.6 is 0 Å². The molecule has 212 valence electrons. The maximum Gasteiger partial charge on any atom is 0.346 e. The van der Waals surface area contributed by atoms with Crippen molar-refractivity contribution in [3.63, 3.8) is 0 Å². The Labute approximate surface area is 244 Å². The fraction of sp³-hybridized carbons (Fsp3) is 0.421. The second-order valence-corrected chi connectivity index (χ2v) is 14.5. The summed E-state index contributed by atoms with van der Waals surface area (Å²) >= 11 is 0. The normalized spacial score (nSPS) is 15.9. The molecular weight excluding hydrogens is 504 g/mol. The van der Waals surface area contributed by atoms with Crippen LogP contribution in [0.3, 0.4) is 0 Å². The molecule has 3 nitrogen and oxygen atoms in total.